The minimum atomic E-state index is -4.52. The molecule has 0 aromatic heterocycles. The largest absolute Gasteiger partial charge is 0.494 e. The van der Waals surface area contributed by atoms with Crippen LogP contribution in [0, 0.1) is 0 Å². The van der Waals surface area contributed by atoms with Crippen molar-refractivity contribution in [3.63, 3.8) is 0 Å². The Kier molecular flexibility index (Phi) is 15.3. The highest BCUT2D eigenvalue weighted by Gasteiger charge is 2.29. The molecule has 1 unspecified atom stereocenters. The predicted octanol–water partition coefficient (Wildman–Crippen LogP) is 3.21. The Morgan fingerprint density at radius 3 is 2.59 bits per heavy atom. The molecule has 1 aliphatic rings. The van der Waals surface area contributed by atoms with Gasteiger partial charge in [-0.25, -0.2) is 0 Å². The van der Waals surface area contributed by atoms with Crippen LogP contribution in [0.5, 0.6) is 11.5 Å². The van der Waals surface area contributed by atoms with E-state index in [0.29, 0.717) is 31.7 Å². The Morgan fingerprint density at radius 1 is 1.18 bits per heavy atom. The van der Waals surface area contributed by atoms with Gasteiger partial charge < -0.3 is 30.3 Å². The molecule has 12 heteroatoms. The Morgan fingerprint density at radius 2 is 1.94 bits per heavy atom. The van der Waals surface area contributed by atoms with E-state index in [2.05, 4.69) is 10.6 Å². The lowest BCUT2D eigenvalue weighted by Gasteiger charge is -2.24. The van der Waals surface area contributed by atoms with Crippen molar-refractivity contribution in [1.29, 1.82) is 0 Å². The number of ether oxygens (including phenoxy) is 3. The van der Waals surface area contributed by atoms with Crippen LogP contribution in [0.15, 0.2) is 18.2 Å². The number of alkyl halides is 3. The van der Waals surface area contributed by atoms with Crippen molar-refractivity contribution in [1.82, 2.24) is 10.6 Å². The van der Waals surface area contributed by atoms with E-state index in [1.165, 1.54) is 18.2 Å². The minimum absolute atomic E-state index is 0. The number of piperidine rings is 1. The Bertz CT molecular complexity index is 746. The summed E-state index contributed by atoms with van der Waals surface area (Å²) in [5, 5.41) is 6.06. The van der Waals surface area contributed by atoms with Gasteiger partial charge in [0.2, 0.25) is 0 Å². The first-order valence-electron chi connectivity index (χ1n) is 10.9. The number of carbonyl (C=O) groups excluding carboxylic acids is 2. The summed E-state index contributed by atoms with van der Waals surface area (Å²) in [6, 6.07) is 4.26. The average molecular weight is 515 g/mol. The molecule has 196 valence electrons. The summed E-state index contributed by atoms with van der Waals surface area (Å²) in [7, 11) is 0. The molecule has 8 nitrogen and oxygen atoms in total. The zero-order chi connectivity index (χ0) is 23.4. The highest BCUT2D eigenvalue weighted by Crippen LogP contribution is 2.27. The minimum Gasteiger partial charge on any atom is -0.494 e. The molecule has 0 radical (unpaired) electrons. The first-order chi connectivity index (χ1) is 15.3. The number of unbranched alkanes of at least 4 members (excludes halogenated alkanes) is 1. The second-order valence-electron chi connectivity index (χ2n) is 7.53. The molecule has 0 saturated carbocycles. The first-order valence-corrected chi connectivity index (χ1v) is 10.9. The lowest BCUT2D eigenvalue weighted by atomic mass is 10.0. The average Bonchev–Trinajstić information content (AvgIpc) is 2.76. The van der Waals surface area contributed by atoms with Crippen LogP contribution in [-0.2, 0) is 9.53 Å². The summed E-state index contributed by atoms with van der Waals surface area (Å²) in [6.07, 6.45) is -0.00974. The van der Waals surface area contributed by atoms with Gasteiger partial charge in [0.25, 0.3) is 5.91 Å². The number of carbonyl (C=O) groups is 2. The van der Waals surface area contributed by atoms with Crippen LogP contribution in [0.4, 0.5) is 13.2 Å². The van der Waals surface area contributed by atoms with Gasteiger partial charge in [0, 0.05) is 19.0 Å². The molecule has 34 heavy (non-hydrogen) atoms. The number of nitrogens with one attached hydrogen (secondary N) is 2. The highest BCUT2D eigenvalue weighted by atomic mass is 35.5. The second kappa shape index (κ2) is 16.4. The maximum atomic E-state index is 12.7. The van der Waals surface area contributed by atoms with E-state index in [-0.39, 0.29) is 54.2 Å². The lowest BCUT2D eigenvalue weighted by Crippen LogP contribution is -2.43. The van der Waals surface area contributed by atoms with E-state index in [1.54, 1.807) is 6.92 Å². The summed E-state index contributed by atoms with van der Waals surface area (Å²) in [6.45, 7) is 2.11. The van der Waals surface area contributed by atoms with E-state index in [9.17, 15) is 22.8 Å². The third-order valence-electron chi connectivity index (χ3n) is 4.86. The van der Waals surface area contributed by atoms with Crippen molar-refractivity contribution in [3.8, 4) is 11.5 Å². The molecule has 1 aromatic rings. The highest BCUT2D eigenvalue weighted by molar-refractivity contribution is 5.97. The third kappa shape index (κ3) is 12.3. The molecular weight excluding hydrogens is 481 g/mol. The number of esters is 1. The maximum absolute atomic E-state index is 12.7. The van der Waals surface area contributed by atoms with Gasteiger partial charge in [-0.3, -0.25) is 9.59 Å². The molecule has 0 spiro atoms. The quantitative estimate of drug-likeness (QED) is 0.327. The van der Waals surface area contributed by atoms with Crippen LogP contribution in [0.3, 0.4) is 0 Å². The molecule has 1 fully saturated rings. The normalized spacial score (nSPS) is 15.4. The first kappa shape index (κ1) is 31.8. The van der Waals surface area contributed by atoms with Crippen molar-refractivity contribution in [3.05, 3.63) is 23.8 Å². The van der Waals surface area contributed by atoms with Gasteiger partial charge in [0.1, 0.15) is 11.5 Å². The van der Waals surface area contributed by atoms with E-state index in [4.69, 9.17) is 14.2 Å². The van der Waals surface area contributed by atoms with Crippen molar-refractivity contribution in [2.45, 2.75) is 57.7 Å². The molecule has 1 amide bonds. The number of hydrogen-bond donors (Lipinski definition) is 2. The standard InChI is InChI=1S/C22H31F3N2O5.ClH.H2O/c1-2-30-20(28)8-4-6-12-31-17-9-10-19(32-15-22(23,24)25)18(13-17)21(29)27-14-16-7-3-5-11-26-16;;/h9-10,13,16,26H,2-8,11-12,14-15H2,1H3,(H,27,29);1H;1H2. The van der Waals surface area contributed by atoms with Crippen LogP contribution in [0.2, 0.25) is 0 Å². The van der Waals surface area contributed by atoms with Crippen LogP contribution in [0.1, 0.15) is 55.8 Å². The van der Waals surface area contributed by atoms with Crippen molar-refractivity contribution in [2.75, 3.05) is 32.9 Å². The topological polar surface area (TPSA) is 117 Å². The van der Waals surface area contributed by atoms with E-state index >= 15 is 0 Å². The molecule has 1 heterocycles. The van der Waals surface area contributed by atoms with Gasteiger partial charge in [-0.1, -0.05) is 6.42 Å². The summed E-state index contributed by atoms with van der Waals surface area (Å²) in [4.78, 5) is 24.0. The van der Waals surface area contributed by atoms with E-state index < -0.39 is 18.7 Å². The van der Waals surface area contributed by atoms with Crippen LogP contribution < -0.4 is 20.1 Å². The fourth-order valence-corrected chi connectivity index (χ4v) is 3.27. The number of rotatable bonds is 12. The molecule has 2 rings (SSSR count). The Labute approximate surface area is 203 Å². The second-order valence-corrected chi connectivity index (χ2v) is 7.53. The maximum Gasteiger partial charge on any atom is 0.422 e. The molecule has 0 aliphatic carbocycles. The SMILES string of the molecule is CCOC(=O)CCCCOc1ccc(OCC(F)(F)F)c(C(=O)NCC2CCCCN2)c1.Cl.O. The number of hydrogen-bond acceptors (Lipinski definition) is 6. The molecule has 1 aliphatic heterocycles. The molecule has 1 saturated heterocycles. The summed E-state index contributed by atoms with van der Waals surface area (Å²) < 4.78 is 53.1. The van der Waals surface area contributed by atoms with Crippen molar-refractivity contribution >= 4 is 24.3 Å². The number of benzene rings is 1. The fraction of sp³-hybridized carbons (Fsp3) is 0.636. The van der Waals surface area contributed by atoms with Crippen molar-refractivity contribution in [2.24, 2.45) is 0 Å². The predicted molar refractivity (Wildman–Crippen MR) is 123 cm³/mol. The number of halogens is 4. The third-order valence-corrected chi connectivity index (χ3v) is 4.86. The summed E-state index contributed by atoms with van der Waals surface area (Å²) in [5.74, 6) is -0.625. The molecule has 0 bridgehead atoms. The monoisotopic (exact) mass is 514 g/mol. The molecule has 1 atom stereocenters. The van der Waals surface area contributed by atoms with Crippen molar-refractivity contribution < 1.29 is 42.4 Å². The van der Waals surface area contributed by atoms with Gasteiger partial charge in [-0.2, -0.15) is 13.2 Å². The van der Waals surface area contributed by atoms with E-state index in [0.717, 1.165) is 25.8 Å². The van der Waals surface area contributed by atoms with Gasteiger partial charge in [-0.15, -0.1) is 12.4 Å². The molecular formula is C22H34ClF3N2O6. The van der Waals surface area contributed by atoms with Crippen LogP contribution >= 0.6 is 12.4 Å². The van der Waals surface area contributed by atoms with Gasteiger partial charge in [0.15, 0.2) is 6.61 Å². The Balaban J connectivity index is 0.00000544. The molecule has 4 N–H and O–H groups in total. The summed E-state index contributed by atoms with van der Waals surface area (Å²) in [5.41, 5.74) is -0.0194. The zero-order valence-electron chi connectivity index (χ0n) is 19.2. The number of amides is 1. The van der Waals surface area contributed by atoms with Gasteiger partial charge >= 0.3 is 12.1 Å². The van der Waals surface area contributed by atoms with Crippen LogP contribution in [0.25, 0.3) is 0 Å². The van der Waals surface area contributed by atoms with Gasteiger partial charge in [0.05, 0.1) is 18.8 Å². The zero-order valence-corrected chi connectivity index (χ0v) is 20.0. The van der Waals surface area contributed by atoms with Gasteiger partial charge in [-0.05, 0) is 57.4 Å². The smallest absolute Gasteiger partial charge is 0.422 e. The van der Waals surface area contributed by atoms with E-state index in [1.807, 2.05) is 0 Å². The van der Waals surface area contributed by atoms with Crippen LogP contribution in [-0.4, -0.2) is 62.5 Å². The Hall–Kier alpha value is -2.24. The molecule has 1 aromatic carbocycles. The lowest BCUT2D eigenvalue weighted by molar-refractivity contribution is -0.153. The summed E-state index contributed by atoms with van der Waals surface area (Å²) >= 11 is 0. The fourth-order valence-electron chi connectivity index (χ4n) is 3.27.